The molecule has 1 aliphatic heterocycles. The van der Waals surface area contributed by atoms with Crippen LogP contribution in [0, 0.1) is 6.92 Å². The Labute approximate surface area is 177 Å². The van der Waals surface area contributed by atoms with Gasteiger partial charge < -0.3 is 9.64 Å². The molecule has 0 unspecified atom stereocenters. The van der Waals surface area contributed by atoms with Crippen molar-refractivity contribution in [1.82, 2.24) is 14.3 Å². The molecule has 6 heteroatoms. The normalized spacial score (nSPS) is 14.8. The van der Waals surface area contributed by atoms with Gasteiger partial charge in [-0.1, -0.05) is 30.3 Å². The van der Waals surface area contributed by atoms with Crippen molar-refractivity contribution >= 4 is 5.69 Å². The van der Waals surface area contributed by atoms with Gasteiger partial charge in [0.2, 0.25) is 0 Å². The summed E-state index contributed by atoms with van der Waals surface area (Å²) in [6.07, 6.45) is 0. The fourth-order valence-electron chi connectivity index (χ4n) is 4.17. The average Bonchev–Trinajstić information content (AvgIpc) is 2.99. The highest BCUT2D eigenvalue weighted by molar-refractivity contribution is 5.58. The molecule has 0 spiro atoms. The van der Waals surface area contributed by atoms with Crippen LogP contribution in [0.3, 0.4) is 0 Å². The van der Waals surface area contributed by atoms with Gasteiger partial charge >= 0.3 is 0 Å². The fraction of sp³-hybridized carbons (Fsp3) is 0.375. The van der Waals surface area contributed by atoms with E-state index in [4.69, 9.17) is 4.74 Å². The first kappa shape index (κ1) is 20.3. The minimum atomic E-state index is 0.0744. The van der Waals surface area contributed by atoms with Gasteiger partial charge in [-0.25, -0.2) is 4.68 Å². The van der Waals surface area contributed by atoms with Gasteiger partial charge in [-0.3, -0.25) is 14.4 Å². The number of para-hydroxylation sites is 3. The minimum absolute atomic E-state index is 0.0744. The zero-order chi connectivity index (χ0) is 21.1. The monoisotopic (exact) mass is 406 g/mol. The summed E-state index contributed by atoms with van der Waals surface area (Å²) in [6.45, 7) is 9.06. The smallest absolute Gasteiger partial charge is 0.276 e. The van der Waals surface area contributed by atoms with Crippen LogP contribution in [-0.2, 0) is 13.6 Å². The van der Waals surface area contributed by atoms with E-state index in [2.05, 4.69) is 21.9 Å². The topological polar surface area (TPSA) is 42.6 Å². The molecule has 1 saturated heterocycles. The van der Waals surface area contributed by atoms with E-state index >= 15 is 0 Å². The Bertz CT molecular complexity index is 1050. The molecule has 2 heterocycles. The van der Waals surface area contributed by atoms with Crippen molar-refractivity contribution in [2.24, 2.45) is 7.05 Å². The van der Waals surface area contributed by atoms with Crippen molar-refractivity contribution in [2.45, 2.75) is 20.4 Å². The van der Waals surface area contributed by atoms with Crippen LogP contribution in [0.5, 0.6) is 5.75 Å². The molecular formula is C24H30N4O2. The molecule has 0 amide bonds. The number of piperazine rings is 1. The van der Waals surface area contributed by atoms with Gasteiger partial charge in [0.05, 0.1) is 23.5 Å². The first-order chi connectivity index (χ1) is 14.6. The van der Waals surface area contributed by atoms with E-state index in [-0.39, 0.29) is 5.56 Å². The summed E-state index contributed by atoms with van der Waals surface area (Å²) in [6, 6.07) is 18.1. The van der Waals surface area contributed by atoms with Gasteiger partial charge in [-0.2, -0.15) is 0 Å². The summed E-state index contributed by atoms with van der Waals surface area (Å²) in [5, 5.41) is 0. The summed E-state index contributed by atoms with van der Waals surface area (Å²) in [5.74, 6) is 0.943. The van der Waals surface area contributed by atoms with Gasteiger partial charge in [0.1, 0.15) is 5.75 Å². The van der Waals surface area contributed by atoms with Crippen molar-refractivity contribution in [3.63, 3.8) is 0 Å². The third kappa shape index (κ3) is 3.87. The molecule has 1 aliphatic rings. The molecule has 0 radical (unpaired) electrons. The Kier molecular flexibility index (Phi) is 5.95. The van der Waals surface area contributed by atoms with Crippen LogP contribution in [0.2, 0.25) is 0 Å². The van der Waals surface area contributed by atoms with Crippen LogP contribution in [0.25, 0.3) is 5.69 Å². The SMILES string of the molecule is CCOc1ccccc1N1CCN(Cc2c(C)n(C)n(-c3ccccc3)c2=O)CC1. The molecule has 0 N–H and O–H groups in total. The lowest BCUT2D eigenvalue weighted by molar-refractivity contribution is 0.247. The molecule has 0 aliphatic carbocycles. The molecule has 1 fully saturated rings. The summed E-state index contributed by atoms with van der Waals surface area (Å²) in [5.41, 5.74) is 4.03. The lowest BCUT2D eigenvalue weighted by atomic mass is 10.2. The zero-order valence-electron chi connectivity index (χ0n) is 18.0. The van der Waals surface area contributed by atoms with Gasteiger partial charge in [0.25, 0.3) is 5.56 Å². The van der Waals surface area contributed by atoms with E-state index in [1.165, 1.54) is 0 Å². The van der Waals surface area contributed by atoms with Crippen molar-refractivity contribution in [2.75, 3.05) is 37.7 Å². The van der Waals surface area contributed by atoms with Crippen LogP contribution >= 0.6 is 0 Å². The number of hydrogen-bond donors (Lipinski definition) is 0. The number of benzene rings is 2. The van der Waals surface area contributed by atoms with Gasteiger partial charge in [-0.05, 0) is 38.1 Å². The first-order valence-electron chi connectivity index (χ1n) is 10.6. The predicted octanol–water partition coefficient (Wildman–Crippen LogP) is 3.21. The molecule has 2 aromatic carbocycles. The maximum absolute atomic E-state index is 13.2. The third-order valence-corrected chi connectivity index (χ3v) is 5.93. The molecule has 158 valence electrons. The third-order valence-electron chi connectivity index (χ3n) is 5.93. The number of hydrogen-bond acceptors (Lipinski definition) is 4. The molecule has 0 saturated carbocycles. The lowest BCUT2D eigenvalue weighted by Gasteiger charge is -2.36. The fourth-order valence-corrected chi connectivity index (χ4v) is 4.17. The summed E-state index contributed by atoms with van der Waals surface area (Å²) >= 11 is 0. The quantitative estimate of drug-likeness (QED) is 0.631. The van der Waals surface area contributed by atoms with Crippen LogP contribution in [0.1, 0.15) is 18.2 Å². The molecule has 4 rings (SSSR count). The zero-order valence-corrected chi connectivity index (χ0v) is 18.0. The molecule has 30 heavy (non-hydrogen) atoms. The van der Waals surface area contributed by atoms with Gasteiger partial charge in [0, 0.05) is 45.5 Å². The van der Waals surface area contributed by atoms with E-state index < -0.39 is 0 Å². The molecular weight excluding hydrogens is 376 g/mol. The second-order valence-corrected chi connectivity index (χ2v) is 7.70. The largest absolute Gasteiger partial charge is 0.492 e. The van der Waals surface area contributed by atoms with E-state index in [9.17, 15) is 4.79 Å². The van der Waals surface area contributed by atoms with Crippen molar-refractivity contribution in [1.29, 1.82) is 0 Å². The van der Waals surface area contributed by atoms with Crippen LogP contribution < -0.4 is 15.2 Å². The Morgan fingerprint density at radius 1 is 0.933 bits per heavy atom. The molecule has 3 aromatic rings. The van der Waals surface area contributed by atoms with Crippen LogP contribution in [0.15, 0.2) is 59.4 Å². The predicted molar refractivity (Wildman–Crippen MR) is 121 cm³/mol. The van der Waals surface area contributed by atoms with Crippen LogP contribution in [-0.4, -0.2) is 47.0 Å². The maximum atomic E-state index is 13.2. The van der Waals surface area contributed by atoms with Gasteiger partial charge in [-0.15, -0.1) is 0 Å². The highest BCUT2D eigenvalue weighted by Crippen LogP contribution is 2.29. The Balaban J connectivity index is 1.48. The second-order valence-electron chi connectivity index (χ2n) is 7.70. The van der Waals surface area contributed by atoms with Crippen molar-refractivity contribution in [3.8, 4) is 11.4 Å². The lowest BCUT2D eigenvalue weighted by Crippen LogP contribution is -2.46. The summed E-state index contributed by atoms with van der Waals surface area (Å²) in [7, 11) is 1.95. The van der Waals surface area contributed by atoms with Crippen molar-refractivity contribution < 1.29 is 4.74 Å². The maximum Gasteiger partial charge on any atom is 0.276 e. The van der Waals surface area contributed by atoms with E-state index in [0.717, 1.165) is 54.6 Å². The molecule has 0 bridgehead atoms. The van der Waals surface area contributed by atoms with Crippen molar-refractivity contribution in [3.05, 3.63) is 76.2 Å². The number of rotatable bonds is 6. The Morgan fingerprint density at radius 3 is 2.30 bits per heavy atom. The number of aromatic nitrogens is 2. The molecule has 1 aromatic heterocycles. The first-order valence-corrected chi connectivity index (χ1v) is 10.6. The molecule has 6 nitrogen and oxygen atoms in total. The van der Waals surface area contributed by atoms with Gasteiger partial charge in [0.15, 0.2) is 0 Å². The number of ether oxygens (including phenoxy) is 1. The standard InChI is InChI=1S/C24H30N4O2/c1-4-30-23-13-9-8-12-22(23)27-16-14-26(15-17-27)18-21-19(2)25(3)28(24(21)29)20-10-6-5-7-11-20/h5-13H,4,14-18H2,1-3H3. The second kappa shape index (κ2) is 8.79. The minimum Gasteiger partial charge on any atom is -0.492 e. The Hall–Kier alpha value is -2.99. The summed E-state index contributed by atoms with van der Waals surface area (Å²) < 4.78 is 9.52. The van der Waals surface area contributed by atoms with E-state index in [1.807, 2.05) is 68.0 Å². The molecule has 0 atom stereocenters. The highest BCUT2D eigenvalue weighted by atomic mass is 16.5. The number of anilines is 1. The highest BCUT2D eigenvalue weighted by Gasteiger charge is 2.23. The van der Waals surface area contributed by atoms with E-state index in [1.54, 1.807) is 4.68 Å². The number of nitrogens with zero attached hydrogens (tertiary/aromatic N) is 4. The average molecular weight is 407 g/mol. The summed E-state index contributed by atoms with van der Waals surface area (Å²) in [4.78, 5) is 17.9. The van der Waals surface area contributed by atoms with Crippen LogP contribution in [0.4, 0.5) is 5.69 Å². The van der Waals surface area contributed by atoms with E-state index in [0.29, 0.717) is 13.2 Å². The Morgan fingerprint density at radius 2 is 1.60 bits per heavy atom.